The first kappa shape index (κ1) is 13.5. The molecule has 1 aliphatic rings. The van der Waals surface area contributed by atoms with Gasteiger partial charge in [-0.3, -0.25) is 0 Å². The Balaban J connectivity index is 2.04. The highest BCUT2D eigenvalue weighted by Gasteiger charge is 2.14. The minimum Gasteiger partial charge on any atom is -0.497 e. The highest BCUT2D eigenvalue weighted by Crippen LogP contribution is 2.20. The van der Waals surface area contributed by atoms with Crippen LogP contribution in [0.1, 0.15) is 28.8 Å². The fraction of sp³-hybridized carbons (Fsp3) is 0.400. The van der Waals surface area contributed by atoms with Crippen LogP contribution in [0, 0.1) is 6.92 Å². The number of methoxy groups -OCH3 is 1. The third-order valence-electron chi connectivity index (χ3n) is 3.28. The van der Waals surface area contributed by atoms with Crippen molar-refractivity contribution in [2.24, 2.45) is 0 Å². The van der Waals surface area contributed by atoms with E-state index in [1.165, 1.54) is 7.11 Å². The summed E-state index contributed by atoms with van der Waals surface area (Å²) < 4.78 is 10.3. The molecule has 1 N–H and O–H groups in total. The van der Waals surface area contributed by atoms with Crippen molar-refractivity contribution in [3.8, 4) is 0 Å². The molecule has 0 aromatic heterocycles. The average Bonchev–Trinajstić information content (AvgIpc) is 2.46. The van der Waals surface area contributed by atoms with Crippen LogP contribution in [-0.4, -0.2) is 25.7 Å². The number of rotatable bonds is 4. The summed E-state index contributed by atoms with van der Waals surface area (Å²) in [6.07, 6.45) is 6.03. The first-order valence-electron chi connectivity index (χ1n) is 6.44. The van der Waals surface area contributed by atoms with Crippen LogP contribution in [0.2, 0.25) is 0 Å². The smallest absolute Gasteiger partial charge is 0.338 e. The summed E-state index contributed by atoms with van der Waals surface area (Å²) >= 11 is 0. The first-order valence-corrected chi connectivity index (χ1v) is 6.44. The van der Waals surface area contributed by atoms with Crippen molar-refractivity contribution in [3.05, 3.63) is 41.7 Å². The molecular weight excluding hydrogens is 242 g/mol. The number of anilines is 1. The minimum atomic E-state index is -0.307. The second kappa shape index (κ2) is 6.27. The largest absolute Gasteiger partial charge is 0.497 e. The number of nitrogens with one attached hydrogen (secondary N) is 1. The predicted molar refractivity (Wildman–Crippen MR) is 74.3 cm³/mol. The average molecular weight is 261 g/mol. The van der Waals surface area contributed by atoms with E-state index in [0.717, 1.165) is 30.6 Å². The van der Waals surface area contributed by atoms with Crippen LogP contribution in [0.3, 0.4) is 0 Å². The van der Waals surface area contributed by atoms with Gasteiger partial charge in [0, 0.05) is 5.69 Å². The molecule has 1 heterocycles. The normalized spacial score (nSPS) is 17.7. The number of hydrogen-bond donors (Lipinski definition) is 1. The Kier molecular flexibility index (Phi) is 4.44. The van der Waals surface area contributed by atoms with Crippen LogP contribution in [-0.2, 0) is 9.47 Å². The van der Waals surface area contributed by atoms with Crippen molar-refractivity contribution in [2.45, 2.75) is 25.9 Å². The second-order valence-corrected chi connectivity index (χ2v) is 4.56. The highest BCUT2D eigenvalue weighted by molar-refractivity contribution is 5.92. The lowest BCUT2D eigenvalue weighted by molar-refractivity contribution is 0.0600. The van der Waals surface area contributed by atoms with Crippen LogP contribution in [0.5, 0.6) is 0 Å². The van der Waals surface area contributed by atoms with Gasteiger partial charge < -0.3 is 14.8 Å². The van der Waals surface area contributed by atoms with Gasteiger partial charge in [0.1, 0.15) is 6.10 Å². The molecule has 0 amide bonds. The van der Waals surface area contributed by atoms with Crippen molar-refractivity contribution in [3.63, 3.8) is 0 Å². The molecule has 0 saturated carbocycles. The molecule has 4 heteroatoms. The van der Waals surface area contributed by atoms with E-state index in [1.807, 2.05) is 25.1 Å². The van der Waals surface area contributed by atoms with Crippen LogP contribution in [0.4, 0.5) is 5.69 Å². The van der Waals surface area contributed by atoms with Crippen LogP contribution < -0.4 is 5.32 Å². The van der Waals surface area contributed by atoms with Gasteiger partial charge in [0.05, 0.1) is 25.5 Å². The van der Waals surface area contributed by atoms with Gasteiger partial charge in [-0.2, -0.15) is 0 Å². The molecule has 0 spiro atoms. The number of esters is 1. The fourth-order valence-corrected chi connectivity index (χ4v) is 2.12. The summed E-state index contributed by atoms with van der Waals surface area (Å²) in [7, 11) is 1.39. The number of allylic oxidation sites excluding steroid dienone is 1. The molecule has 1 atom stereocenters. The topological polar surface area (TPSA) is 47.6 Å². The standard InChI is InChI=1S/C15H19NO3/c1-11-13(15(17)18-2)7-5-8-14(11)16-10-12-6-3-4-9-19-12/h4-5,7-9,12,16H,3,6,10H2,1-2H3. The van der Waals surface area contributed by atoms with Gasteiger partial charge in [0.2, 0.25) is 0 Å². The van der Waals surface area contributed by atoms with Gasteiger partial charge in [-0.05, 0) is 43.5 Å². The molecule has 1 aromatic carbocycles. The lowest BCUT2D eigenvalue weighted by Gasteiger charge is -2.21. The van der Waals surface area contributed by atoms with E-state index in [9.17, 15) is 4.79 Å². The van der Waals surface area contributed by atoms with E-state index in [-0.39, 0.29) is 12.1 Å². The molecule has 1 aliphatic heterocycles. The summed E-state index contributed by atoms with van der Waals surface area (Å²) in [4.78, 5) is 11.6. The monoisotopic (exact) mass is 261 g/mol. The van der Waals surface area contributed by atoms with Crippen molar-refractivity contribution in [1.29, 1.82) is 0 Å². The van der Waals surface area contributed by atoms with Gasteiger partial charge >= 0.3 is 5.97 Å². The Morgan fingerprint density at radius 2 is 2.37 bits per heavy atom. The molecule has 19 heavy (non-hydrogen) atoms. The van der Waals surface area contributed by atoms with Crippen molar-refractivity contribution in [1.82, 2.24) is 0 Å². The van der Waals surface area contributed by atoms with Crippen molar-refractivity contribution in [2.75, 3.05) is 19.0 Å². The summed E-state index contributed by atoms with van der Waals surface area (Å²) in [5.74, 6) is -0.307. The third-order valence-corrected chi connectivity index (χ3v) is 3.28. The molecule has 1 aromatic rings. The molecule has 0 bridgehead atoms. The zero-order chi connectivity index (χ0) is 13.7. The van der Waals surface area contributed by atoms with Crippen LogP contribution in [0.15, 0.2) is 30.5 Å². The third kappa shape index (κ3) is 3.28. The zero-order valence-corrected chi connectivity index (χ0v) is 11.3. The van der Waals surface area contributed by atoms with E-state index < -0.39 is 0 Å². The second-order valence-electron chi connectivity index (χ2n) is 4.56. The summed E-state index contributed by atoms with van der Waals surface area (Å²) in [6, 6.07) is 5.58. The Hall–Kier alpha value is -1.97. The zero-order valence-electron chi connectivity index (χ0n) is 11.3. The Morgan fingerprint density at radius 1 is 1.53 bits per heavy atom. The van der Waals surface area contributed by atoms with E-state index in [4.69, 9.17) is 9.47 Å². The highest BCUT2D eigenvalue weighted by atomic mass is 16.5. The Labute approximate surface area is 113 Å². The number of carbonyl (C=O) groups excluding carboxylic acids is 1. The molecule has 2 rings (SSSR count). The van der Waals surface area contributed by atoms with Crippen molar-refractivity contribution < 1.29 is 14.3 Å². The fourth-order valence-electron chi connectivity index (χ4n) is 2.12. The van der Waals surface area contributed by atoms with Crippen LogP contribution in [0.25, 0.3) is 0 Å². The van der Waals surface area contributed by atoms with E-state index in [1.54, 1.807) is 12.3 Å². The number of carbonyl (C=O) groups is 1. The van der Waals surface area contributed by atoms with Gasteiger partial charge in [0.15, 0.2) is 0 Å². The first-order chi connectivity index (χ1) is 9.22. The predicted octanol–water partition coefficient (Wildman–Crippen LogP) is 2.89. The Bertz CT molecular complexity index is 482. The molecular formula is C15H19NO3. The SMILES string of the molecule is COC(=O)c1cccc(NCC2CCC=CO2)c1C. The number of benzene rings is 1. The molecule has 0 saturated heterocycles. The van der Waals surface area contributed by atoms with Gasteiger partial charge in [0.25, 0.3) is 0 Å². The summed E-state index contributed by atoms with van der Waals surface area (Å²) in [5, 5.41) is 3.34. The molecule has 0 radical (unpaired) electrons. The maximum Gasteiger partial charge on any atom is 0.338 e. The molecule has 0 aliphatic carbocycles. The Morgan fingerprint density at radius 3 is 3.05 bits per heavy atom. The minimum absolute atomic E-state index is 0.186. The number of ether oxygens (including phenoxy) is 2. The van der Waals surface area contributed by atoms with E-state index in [2.05, 4.69) is 5.32 Å². The van der Waals surface area contributed by atoms with Gasteiger partial charge in [-0.25, -0.2) is 4.79 Å². The van der Waals surface area contributed by atoms with Crippen molar-refractivity contribution >= 4 is 11.7 Å². The van der Waals surface area contributed by atoms with Gasteiger partial charge in [-0.15, -0.1) is 0 Å². The summed E-state index contributed by atoms with van der Waals surface area (Å²) in [5.41, 5.74) is 2.44. The maximum absolute atomic E-state index is 11.6. The maximum atomic E-state index is 11.6. The molecule has 4 nitrogen and oxygen atoms in total. The quantitative estimate of drug-likeness (QED) is 0.847. The molecule has 0 fully saturated rings. The van der Waals surface area contributed by atoms with E-state index >= 15 is 0 Å². The molecule has 1 unspecified atom stereocenters. The summed E-state index contributed by atoms with van der Waals surface area (Å²) in [6.45, 7) is 2.64. The lowest BCUT2D eigenvalue weighted by atomic mass is 10.1. The molecule has 102 valence electrons. The van der Waals surface area contributed by atoms with Crippen LogP contribution >= 0.6 is 0 Å². The van der Waals surface area contributed by atoms with Gasteiger partial charge in [-0.1, -0.05) is 6.07 Å². The van der Waals surface area contributed by atoms with E-state index in [0.29, 0.717) is 5.56 Å². The number of hydrogen-bond acceptors (Lipinski definition) is 4. The lowest BCUT2D eigenvalue weighted by Crippen LogP contribution is -2.23.